The maximum Gasteiger partial charge on any atom is 0.105 e. The fourth-order valence-electron chi connectivity index (χ4n) is 0.647. The van der Waals surface area contributed by atoms with Crippen molar-refractivity contribution in [1.29, 1.82) is 0 Å². The van der Waals surface area contributed by atoms with Crippen LogP contribution >= 0.6 is 0 Å². The molecule has 50 valence electrons. The molecule has 0 fully saturated rings. The van der Waals surface area contributed by atoms with Crippen LogP contribution in [0.5, 0.6) is 0 Å². The zero-order chi connectivity index (χ0) is 6.41. The van der Waals surface area contributed by atoms with Gasteiger partial charge in [-0.15, -0.1) is 0 Å². The molecular weight excluding hydrogens is 105 g/mol. The molecule has 0 aliphatic rings. The Morgan fingerprint density at radius 3 is 2.38 bits per heavy atom. The second kappa shape index (κ2) is 5.04. The Labute approximate surface area is 50.3 Å². The standard InChI is InChI=1S/C6H14FN/c1-3-4-6(5-7)8-2/h6,8H,3-5H2,1-2H3. The third-order valence-electron chi connectivity index (χ3n) is 1.23. The van der Waals surface area contributed by atoms with E-state index in [4.69, 9.17) is 0 Å². The van der Waals surface area contributed by atoms with Crippen molar-refractivity contribution in [3.05, 3.63) is 0 Å². The van der Waals surface area contributed by atoms with Crippen molar-refractivity contribution in [3.63, 3.8) is 0 Å². The molecule has 0 saturated carbocycles. The molecule has 0 saturated heterocycles. The van der Waals surface area contributed by atoms with Crippen LogP contribution in [0.25, 0.3) is 0 Å². The Bertz CT molecular complexity index is 43.8. The summed E-state index contributed by atoms with van der Waals surface area (Å²) >= 11 is 0. The molecular formula is C6H14FN. The van der Waals surface area contributed by atoms with Gasteiger partial charge in [-0.25, -0.2) is 4.39 Å². The fraction of sp³-hybridized carbons (Fsp3) is 1.00. The first-order valence-electron chi connectivity index (χ1n) is 3.08. The highest BCUT2D eigenvalue weighted by molar-refractivity contribution is 4.59. The lowest BCUT2D eigenvalue weighted by Crippen LogP contribution is -2.26. The molecule has 0 aromatic heterocycles. The first-order valence-corrected chi connectivity index (χ1v) is 3.08. The van der Waals surface area contributed by atoms with E-state index in [1.807, 2.05) is 0 Å². The van der Waals surface area contributed by atoms with Crippen LogP contribution in [-0.2, 0) is 0 Å². The van der Waals surface area contributed by atoms with Gasteiger partial charge in [-0.1, -0.05) is 13.3 Å². The molecule has 0 rings (SSSR count). The molecule has 0 heterocycles. The zero-order valence-corrected chi connectivity index (χ0v) is 5.58. The van der Waals surface area contributed by atoms with E-state index in [2.05, 4.69) is 12.2 Å². The molecule has 8 heavy (non-hydrogen) atoms. The molecule has 0 aromatic rings. The van der Waals surface area contributed by atoms with Gasteiger partial charge in [0.15, 0.2) is 0 Å². The van der Waals surface area contributed by atoms with E-state index >= 15 is 0 Å². The van der Waals surface area contributed by atoms with E-state index < -0.39 is 0 Å². The summed E-state index contributed by atoms with van der Waals surface area (Å²) in [6, 6.07) is 0.0833. The molecule has 0 aromatic carbocycles. The largest absolute Gasteiger partial charge is 0.314 e. The molecule has 1 atom stereocenters. The van der Waals surface area contributed by atoms with Crippen LogP contribution in [0.3, 0.4) is 0 Å². The molecule has 0 spiro atoms. The maximum absolute atomic E-state index is 11.8. The maximum atomic E-state index is 11.8. The van der Waals surface area contributed by atoms with Crippen molar-refractivity contribution >= 4 is 0 Å². The van der Waals surface area contributed by atoms with E-state index in [-0.39, 0.29) is 12.7 Å². The van der Waals surface area contributed by atoms with E-state index in [0.29, 0.717) is 0 Å². The van der Waals surface area contributed by atoms with Gasteiger partial charge in [0.25, 0.3) is 0 Å². The van der Waals surface area contributed by atoms with Gasteiger partial charge in [-0.2, -0.15) is 0 Å². The second-order valence-corrected chi connectivity index (χ2v) is 1.93. The number of hydrogen-bond donors (Lipinski definition) is 1. The number of alkyl halides is 1. The Kier molecular flexibility index (Phi) is 4.97. The van der Waals surface area contributed by atoms with Crippen molar-refractivity contribution in [2.75, 3.05) is 13.7 Å². The average Bonchev–Trinajstić information content (AvgIpc) is 1.83. The zero-order valence-electron chi connectivity index (χ0n) is 5.58. The van der Waals surface area contributed by atoms with Gasteiger partial charge in [0.1, 0.15) is 6.67 Å². The van der Waals surface area contributed by atoms with Crippen LogP contribution in [0.15, 0.2) is 0 Å². The van der Waals surface area contributed by atoms with Crippen LogP contribution in [0.2, 0.25) is 0 Å². The minimum atomic E-state index is -0.246. The highest BCUT2D eigenvalue weighted by atomic mass is 19.1. The van der Waals surface area contributed by atoms with Gasteiger partial charge in [0.2, 0.25) is 0 Å². The first kappa shape index (κ1) is 7.89. The van der Waals surface area contributed by atoms with Gasteiger partial charge in [0, 0.05) is 6.04 Å². The van der Waals surface area contributed by atoms with Crippen molar-refractivity contribution < 1.29 is 4.39 Å². The summed E-state index contributed by atoms with van der Waals surface area (Å²) in [6.45, 7) is 1.81. The van der Waals surface area contributed by atoms with Gasteiger partial charge in [-0.3, -0.25) is 0 Å². The quantitative estimate of drug-likeness (QED) is 0.589. The molecule has 1 unspecified atom stereocenters. The van der Waals surface area contributed by atoms with Crippen molar-refractivity contribution in [1.82, 2.24) is 5.32 Å². The Morgan fingerprint density at radius 1 is 1.62 bits per heavy atom. The molecule has 0 bridgehead atoms. The summed E-state index contributed by atoms with van der Waals surface area (Å²) in [4.78, 5) is 0. The summed E-state index contributed by atoms with van der Waals surface area (Å²) in [5, 5.41) is 2.88. The number of hydrogen-bond acceptors (Lipinski definition) is 1. The van der Waals surface area contributed by atoms with E-state index in [1.54, 1.807) is 7.05 Å². The van der Waals surface area contributed by atoms with Crippen LogP contribution < -0.4 is 5.32 Å². The molecule has 1 N–H and O–H groups in total. The molecule has 1 nitrogen and oxygen atoms in total. The average molecular weight is 119 g/mol. The number of nitrogens with one attached hydrogen (secondary N) is 1. The number of halogens is 1. The smallest absolute Gasteiger partial charge is 0.105 e. The highest BCUT2D eigenvalue weighted by Gasteiger charge is 2.00. The third-order valence-corrected chi connectivity index (χ3v) is 1.23. The second-order valence-electron chi connectivity index (χ2n) is 1.93. The summed E-state index contributed by atoms with van der Waals surface area (Å²) < 4.78 is 11.8. The SMILES string of the molecule is CCCC(CF)NC. The van der Waals surface area contributed by atoms with Crippen LogP contribution in [-0.4, -0.2) is 19.8 Å². The van der Waals surface area contributed by atoms with E-state index in [9.17, 15) is 4.39 Å². The van der Waals surface area contributed by atoms with Gasteiger partial charge in [0.05, 0.1) is 0 Å². The lowest BCUT2D eigenvalue weighted by molar-refractivity contribution is 0.373. The lowest BCUT2D eigenvalue weighted by Gasteiger charge is -2.08. The third kappa shape index (κ3) is 2.97. The van der Waals surface area contributed by atoms with Crippen molar-refractivity contribution in [2.24, 2.45) is 0 Å². The van der Waals surface area contributed by atoms with Gasteiger partial charge < -0.3 is 5.32 Å². The summed E-state index contributed by atoms with van der Waals surface area (Å²) in [7, 11) is 1.79. The minimum absolute atomic E-state index is 0.0833. The van der Waals surface area contributed by atoms with Crippen LogP contribution in [0.1, 0.15) is 19.8 Å². The Balaban J connectivity index is 3.07. The highest BCUT2D eigenvalue weighted by Crippen LogP contribution is 1.94. The Morgan fingerprint density at radius 2 is 2.25 bits per heavy atom. The van der Waals surface area contributed by atoms with Gasteiger partial charge >= 0.3 is 0 Å². The summed E-state index contributed by atoms with van der Waals surface area (Å²) in [5.41, 5.74) is 0. The minimum Gasteiger partial charge on any atom is -0.314 e. The summed E-state index contributed by atoms with van der Waals surface area (Å²) in [6.07, 6.45) is 1.99. The fourth-order valence-corrected chi connectivity index (χ4v) is 0.647. The summed E-state index contributed by atoms with van der Waals surface area (Å²) in [5.74, 6) is 0. The van der Waals surface area contributed by atoms with E-state index in [0.717, 1.165) is 12.8 Å². The van der Waals surface area contributed by atoms with Crippen molar-refractivity contribution in [2.45, 2.75) is 25.8 Å². The predicted octanol–water partition coefficient (Wildman–Crippen LogP) is 1.34. The molecule has 0 radical (unpaired) electrons. The normalized spacial score (nSPS) is 13.9. The topological polar surface area (TPSA) is 12.0 Å². The van der Waals surface area contributed by atoms with Crippen LogP contribution in [0.4, 0.5) is 4.39 Å². The molecule has 0 amide bonds. The van der Waals surface area contributed by atoms with Gasteiger partial charge in [-0.05, 0) is 13.5 Å². The van der Waals surface area contributed by atoms with Crippen molar-refractivity contribution in [3.8, 4) is 0 Å². The monoisotopic (exact) mass is 119 g/mol. The molecule has 2 heteroatoms. The lowest BCUT2D eigenvalue weighted by atomic mass is 10.2. The predicted molar refractivity (Wildman–Crippen MR) is 33.7 cm³/mol. The van der Waals surface area contributed by atoms with Crippen LogP contribution in [0, 0.1) is 0 Å². The molecule has 0 aliphatic carbocycles. The molecule has 0 aliphatic heterocycles. The Hall–Kier alpha value is -0.110. The first-order chi connectivity index (χ1) is 3.85. The van der Waals surface area contributed by atoms with E-state index in [1.165, 1.54) is 0 Å². The number of rotatable bonds is 4.